The standard InChI is InChI=1S/C17H18F2N6O2S/c1-28(26,27)25-7-5-10(6-8-25)21-17-20-9-11-15(23-24-16(11)22-17)14-12(18)3-2-4-13(14)19/h2-4,9-10H,5-8H2,1H3,(H2,20,21,22,23,24). The number of hydrogen-bond donors (Lipinski definition) is 2. The summed E-state index contributed by atoms with van der Waals surface area (Å²) in [7, 11) is -3.18. The normalized spacial score (nSPS) is 16.5. The molecule has 0 aliphatic carbocycles. The van der Waals surface area contributed by atoms with Crippen LogP contribution in [0.1, 0.15) is 12.8 Å². The quantitative estimate of drug-likeness (QED) is 0.686. The number of aromatic amines is 1. The highest BCUT2D eigenvalue weighted by molar-refractivity contribution is 7.88. The summed E-state index contributed by atoms with van der Waals surface area (Å²) in [6.07, 6.45) is 3.92. The highest BCUT2D eigenvalue weighted by atomic mass is 32.2. The summed E-state index contributed by atoms with van der Waals surface area (Å²) in [6, 6.07) is 3.65. The summed E-state index contributed by atoms with van der Waals surface area (Å²) in [5.41, 5.74) is 0.230. The van der Waals surface area contributed by atoms with Gasteiger partial charge in [0, 0.05) is 25.3 Å². The van der Waals surface area contributed by atoms with Crippen LogP contribution in [-0.2, 0) is 10.0 Å². The molecule has 2 aromatic heterocycles. The molecule has 1 aliphatic heterocycles. The third-order valence-electron chi connectivity index (χ3n) is 4.77. The van der Waals surface area contributed by atoms with Crippen molar-refractivity contribution in [3.63, 3.8) is 0 Å². The van der Waals surface area contributed by atoms with Gasteiger partial charge in [0.2, 0.25) is 16.0 Å². The van der Waals surface area contributed by atoms with Crippen LogP contribution in [0, 0.1) is 11.6 Å². The van der Waals surface area contributed by atoms with Gasteiger partial charge in [-0.1, -0.05) is 6.07 Å². The lowest BCUT2D eigenvalue weighted by atomic mass is 10.1. The third-order valence-corrected chi connectivity index (χ3v) is 6.08. The first-order valence-corrected chi connectivity index (χ1v) is 10.5. The number of nitrogens with one attached hydrogen (secondary N) is 2. The van der Waals surface area contributed by atoms with Crippen LogP contribution < -0.4 is 5.32 Å². The van der Waals surface area contributed by atoms with Crippen molar-refractivity contribution in [3.05, 3.63) is 36.0 Å². The van der Waals surface area contributed by atoms with Crippen molar-refractivity contribution in [3.8, 4) is 11.3 Å². The summed E-state index contributed by atoms with van der Waals surface area (Å²) in [6.45, 7) is 0.860. The average molecular weight is 408 g/mol. The number of rotatable bonds is 4. The van der Waals surface area contributed by atoms with Gasteiger partial charge in [0.15, 0.2) is 5.65 Å². The summed E-state index contributed by atoms with van der Waals surface area (Å²) in [5.74, 6) is -1.09. The van der Waals surface area contributed by atoms with Gasteiger partial charge in [0.25, 0.3) is 0 Å². The highest BCUT2D eigenvalue weighted by Crippen LogP contribution is 2.30. The van der Waals surface area contributed by atoms with Crippen LogP contribution in [0.25, 0.3) is 22.3 Å². The fourth-order valence-electron chi connectivity index (χ4n) is 3.31. The van der Waals surface area contributed by atoms with E-state index in [1.807, 2.05) is 0 Å². The Balaban J connectivity index is 1.54. The summed E-state index contributed by atoms with van der Waals surface area (Å²) in [4.78, 5) is 8.55. The molecule has 4 rings (SSSR count). The molecule has 1 aromatic carbocycles. The molecule has 0 amide bonds. The Morgan fingerprint density at radius 2 is 1.89 bits per heavy atom. The second-order valence-corrected chi connectivity index (χ2v) is 8.69. The van der Waals surface area contributed by atoms with E-state index in [1.165, 1.54) is 35.0 Å². The van der Waals surface area contributed by atoms with E-state index in [0.29, 0.717) is 42.9 Å². The number of sulfonamides is 1. The van der Waals surface area contributed by atoms with Gasteiger partial charge in [-0.3, -0.25) is 5.10 Å². The van der Waals surface area contributed by atoms with E-state index >= 15 is 0 Å². The molecule has 0 spiro atoms. The molecule has 3 aromatic rings. The first kappa shape index (κ1) is 18.7. The SMILES string of the molecule is CS(=O)(=O)N1CCC(Nc2ncc3c(-c4c(F)cccc4F)n[nH]c3n2)CC1. The third kappa shape index (κ3) is 3.54. The number of piperidine rings is 1. The molecule has 1 fully saturated rings. The summed E-state index contributed by atoms with van der Waals surface area (Å²) in [5, 5.41) is 10.3. The van der Waals surface area contributed by atoms with Crippen LogP contribution in [-0.4, -0.2) is 58.3 Å². The molecule has 1 saturated heterocycles. The fourth-order valence-corrected chi connectivity index (χ4v) is 4.18. The Kier molecular flexibility index (Phi) is 4.71. The Bertz CT molecular complexity index is 1110. The minimum atomic E-state index is -3.18. The van der Waals surface area contributed by atoms with E-state index in [9.17, 15) is 17.2 Å². The molecule has 3 heterocycles. The van der Waals surface area contributed by atoms with Crippen LogP contribution in [0.3, 0.4) is 0 Å². The number of H-pyrrole nitrogens is 1. The molecule has 2 N–H and O–H groups in total. The van der Waals surface area contributed by atoms with Crippen molar-refractivity contribution in [1.82, 2.24) is 24.5 Å². The number of aromatic nitrogens is 4. The molecule has 0 atom stereocenters. The van der Waals surface area contributed by atoms with E-state index in [-0.39, 0.29) is 17.3 Å². The van der Waals surface area contributed by atoms with Crippen LogP contribution in [0.2, 0.25) is 0 Å². The number of nitrogens with zero attached hydrogens (tertiary/aromatic N) is 4. The highest BCUT2D eigenvalue weighted by Gasteiger charge is 2.25. The molecule has 0 unspecified atom stereocenters. The minimum Gasteiger partial charge on any atom is -0.351 e. The molecular weight excluding hydrogens is 390 g/mol. The molecule has 0 radical (unpaired) electrons. The second-order valence-electron chi connectivity index (χ2n) is 6.71. The predicted molar refractivity (Wildman–Crippen MR) is 100 cm³/mol. The van der Waals surface area contributed by atoms with Gasteiger partial charge in [-0.2, -0.15) is 10.1 Å². The number of anilines is 1. The first-order chi connectivity index (χ1) is 13.3. The van der Waals surface area contributed by atoms with E-state index in [2.05, 4.69) is 25.5 Å². The van der Waals surface area contributed by atoms with Crippen molar-refractivity contribution in [2.45, 2.75) is 18.9 Å². The zero-order valence-corrected chi connectivity index (χ0v) is 15.8. The van der Waals surface area contributed by atoms with E-state index < -0.39 is 21.7 Å². The van der Waals surface area contributed by atoms with Crippen LogP contribution >= 0.6 is 0 Å². The monoisotopic (exact) mass is 408 g/mol. The lowest BCUT2D eigenvalue weighted by Gasteiger charge is -2.30. The zero-order valence-electron chi connectivity index (χ0n) is 15.0. The van der Waals surface area contributed by atoms with Crippen LogP contribution in [0.15, 0.2) is 24.4 Å². The van der Waals surface area contributed by atoms with E-state index in [1.54, 1.807) is 0 Å². The lowest BCUT2D eigenvalue weighted by Crippen LogP contribution is -2.42. The van der Waals surface area contributed by atoms with Gasteiger partial charge in [0.05, 0.1) is 17.2 Å². The van der Waals surface area contributed by atoms with Crippen LogP contribution in [0.5, 0.6) is 0 Å². The van der Waals surface area contributed by atoms with Crippen molar-refractivity contribution in [1.29, 1.82) is 0 Å². The number of hydrogen-bond acceptors (Lipinski definition) is 6. The van der Waals surface area contributed by atoms with Crippen molar-refractivity contribution >= 4 is 27.0 Å². The molecule has 28 heavy (non-hydrogen) atoms. The Labute approximate surface area is 160 Å². The van der Waals surface area contributed by atoms with Crippen molar-refractivity contribution < 1.29 is 17.2 Å². The maximum absolute atomic E-state index is 14.1. The molecule has 11 heteroatoms. The Morgan fingerprint density at radius 1 is 1.21 bits per heavy atom. The minimum absolute atomic E-state index is 0.0295. The molecule has 0 bridgehead atoms. The maximum atomic E-state index is 14.1. The van der Waals surface area contributed by atoms with Crippen molar-refractivity contribution in [2.75, 3.05) is 24.7 Å². The van der Waals surface area contributed by atoms with E-state index in [4.69, 9.17) is 0 Å². The van der Waals surface area contributed by atoms with Gasteiger partial charge < -0.3 is 5.32 Å². The molecule has 148 valence electrons. The predicted octanol–water partition coefficient (Wildman–Crippen LogP) is 2.13. The summed E-state index contributed by atoms with van der Waals surface area (Å²) < 4.78 is 52.7. The lowest BCUT2D eigenvalue weighted by molar-refractivity contribution is 0.331. The van der Waals surface area contributed by atoms with Crippen molar-refractivity contribution in [2.24, 2.45) is 0 Å². The molecule has 0 saturated carbocycles. The fraction of sp³-hybridized carbons (Fsp3) is 0.353. The number of fused-ring (bicyclic) bond motifs is 1. The van der Waals surface area contributed by atoms with Gasteiger partial charge >= 0.3 is 0 Å². The Hall–Kier alpha value is -2.66. The molecule has 8 nitrogen and oxygen atoms in total. The molecular formula is C17H18F2N6O2S. The zero-order chi connectivity index (χ0) is 19.9. The first-order valence-electron chi connectivity index (χ1n) is 8.70. The number of halogens is 2. The van der Waals surface area contributed by atoms with Gasteiger partial charge in [-0.15, -0.1) is 0 Å². The van der Waals surface area contributed by atoms with Crippen LogP contribution in [0.4, 0.5) is 14.7 Å². The van der Waals surface area contributed by atoms with Gasteiger partial charge in [0.1, 0.15) is 17.3 Å². The average Bonchev–Trinajstić information content (AvgIpc) is 3.04. The van der Waals surface area contributed by atoms with E-state index in [0.717, 1.165) is 0 Å². The largest absolute Gasteiger partial charge is 0.351 e. The summed E-state index contributed by atoms with van der Waals surface area (Å²) >= 11 is 0. The number of benzene rings is 1. The Morgan fingerprint density at radius 3 is 2.54 bits per heavy atom. The maximum Gasteiger partial charge on any atom is 0.224 e. The van der Waals surface area contributed by atoms with Gasteiger partial charge in [-0.05, 0) is 25.0 Å². The second kappa shape index (κ2) is 7.06. The topological polar surface area (TPSA) is 104 Å². The smallest absolute Gasteiger partial charge is 0.224 e. The van der Waals surface area contributed by atoms with Gasteiger partial charge in [-0.25, -0.2) is 26.5 Å². The molecule has 1 aliphatic rings.